The Kier molecular flexibility index (Phi) is 4.37. The summed E-state index contributed by atoms with van der Waals surface area (Å²) >= 11 is 0. The van der Waals surface area contributed by atoms with E-state index >= 15 is 0 Å². The number of nitriles is 1. The minimum atomic E-state index is 0.158. The Morgan fingerprint density at radius 2 is 2.04 bits per heavy atom. The molecule has 2 aromatic rings. The first kappa shape index (κ1) is 17.0. The van der Waals surface area contributed by atoms with E-state index in [1.165, 1.54) is 5.56 Å². The van der Waals surface area contributed by atoms with Gasteiger partial charge in [0, 0.05) is 43.7 Å². The number of likely N-dealkylation sites (tertiary alicyclic amines) is 2. The molecule has 1 amide bonds. The summed E-state index contributed by atoms with van der Waals surface area (Å²) in [5.74, 6) is 1.22. The van der Waals surface area contributed by atoms with Gasteiger partial charge in [0.05, 0.1) is 17.0 Å². The van der Waals surface area contributed by atoms with E-state index in [-0.39, 0.29) is 5.92 Å². The molecule has 134 valence electrons. The summed E-state index contributed by atoms with van der Waals surface area (Å²) in [6, 6.07) is 10.1. The van der Waals surface area contributed by atoms with Crippen LogP contribution in [0.15, 0.2) is 30.5 Å². The number of pyridine rings is 1. The fraction of sp³-hybridized carbons (Fsp3) is 0.476. The average molecular weight is 348 g/mol. The van der Waals surface area contributed by atoms with Crippen LogP contribution in [0, 0.1) is 23.2 Å². The molecule has 1 aromatic heterocycles. The molecule has 1 unspecified atom stereocenters. The van der Waals surface area contributed by atoms with Gasteiger partial charge in [-0.3, -0.25) is 9.78 Å². The van der Waals surface area contributed by atoms with Crippen molar-refractivity contribution in [3.05, 3.63) is 41.6 Å². The molecule has 4 rings (SSSR count). The third kappa shape index (κ3) is 2.95. The largest absolute Gasteiger partial charge is 0.341 e. The number of benzene rings is 1. The molecule has 2 atom stereocenters. The van der Waals surface area contributed by atoms with E-state index in [1.807, 2.05) is 18.2 Å². The summed E-state index contributed by atoms with van der Waals surface area (Å²) in [4.78, 5) is 21.5. The second-order valence-corrected chi connectivity index (χ2v) is 7.91. The van der Waals surface area contributed by atoms with Crippen molar-refractivity contribution < 1.29 is 4.79 Å². The van der Waals surface area contributed by atoms with Crippen LogP contribution < -0.4 is 0 Å². The number of nitrogens with zero attached hydrogens (tertiary/aromatic N) is 4. The van der Waals surface area contributed by atoms with E-state index in [1.54, 1.807) is 6.20 Å². The van der Waals surface area contributed by atoms with Crippen molar-refractivity contribution >= 4 is 16.8 Å². The normalized spacial score (nSPS) is 24.3. The van der Waals surface area contributed by atoms with E-state index < -0.39 is 0 Å². The first-order valence-corrected chi connectivity index (χ1v) is 9.32. The summed E-state index contributed by atoms with van der Waals surface area (Å²) in [6.07, 6.45) is 2.80. The van der Waals surface area contributed by atoms with Crippen LogP contribution in [-0.4, -0.2) is 53.9 Å². The van der Waals surface area contributed by atoms with Crippen LogP contribution in [-0.2, 0) is 4.79 Å². The third-order valence-corrected chi connectivity index (χ3v) is 5.75. The van der Waals surface area contributed by atoms with E-state index in [4.69, 9.17) is 0 Å². The van der Waals surface area contributed by atoms with Gasteiger partial charge in [-0.05, 0) is 37.1 Å². The number of hydrogen-bond donors (Lipinski definition) is 0. The van der Waals surface area contributed by atoms with Gasteiger partial charge in [-0.15, -0.1) is 0 Å². The SMILES string of the molecule is CC1C[C@@H](c2ccc(C#N)c3ncccc23)CN(C(=O)C2CN(C)C2)C1. The molecule has 0 spiro atoms. The Morgan fingerprint density at radius 3 is 2.77 bits per heavy atom. The summed E-state index contributed by atoms with van der Waals surface area (Å²) in [6.45, 7) is 5.58. The van der Waals surface area contributed by atoms with Crippen LogP contribution in [0.5, 0.6) is 0 Å². The van der Waals surface area contributed by atoms with Gasteiger partial charge in [0.25, 0.3) is 0 Å². The van der Waals surface area contributed by atoms with Crippen molar-refractivity contribution in [3.8, 4) is 6.07 Å². The Bertz CT molecular complexity index is 881. The monoisotopic (exact) mass is 348 g/mol. The highest BCUT2D eigenvalue weighted by atomic mass is 16.2. The van der Waals surface area contributed by atoms with Crippen LogP contribution in [0.25, 0.3) is 10.9 Å². The number of rotatable bonds is 2. The van der Waals surface area contributed by atoms with Gasteiger partial charge < -0.3 is 9.80 Å². The molecule has 0 N–H and O–H groups in total. The Labute approximate surface area is 154 Å². The molecule has 0 aliphatic carbocycles. The first-order valence-electron chi connectivity index (χ1n) is 9.32. The van der Waals surface area contributed by atoms with E-state index in [0.29, 0.717) is 23.3 Å². The molecule has 2 saturated heterocycles. The number of carbonyl (C=O) groups is 1. The minimum absolute atomic E-state index is 0.158. The van der Waals surface area contributed by atoms with Crippen molar-refractivity contribution in [1.29, 1.82) is 5.26 Å². The number of aromatic nitrogens is 1. The zero-order valence-corrected chi connectivity index (χ0v) is 15.4. The van der Waals surface area contributed by atoms with Gasteiger partial charge in [-0.2, -0.15) is 5.26 Å². The lowest BCUT2D eigenvalue weighted by atomic mass is 9.82. The fourth-order valence-corrected chi connectivity index (χ4v) is 4.51. The number of fused-ring (bicyclic) bond motifs is 1. The van der Waals surface area contributed by atoms with Crippen LogP contribution in [0.4, 0.5) is 0 Å². The van der Waals surface area contributed by atoms with Crippen LogP contribution in [0.1, 0.15) is 30.4 Å². The Balaban J connectivity index is 1.64. The first-order chi connectivity index (χ1) is 12.6. The van der Waals surface area contributed by atoms with Crippen LogP contribution in [0.3, 0.4) is 0 Å². The number of amides is 1. The molecule has 0 radical (unpaired) electrons. The molecule has 5 heteroatoms. The minimum Gasteiger partial charge on any atom is -0.341 e. The Hall–Kier alpha value is -2.45. The molecule has 0 saturated carbocycles. The zero-order chi connectivity index (χ0) is 18.3. The highest BCUT2D eigenvalue weighted by Crippen LogP contribution is 2.35. The van der Waals surface area contributed by atoms with E-state index in [9.17, 15) is 10.1 Å². The predicted octanol–water partition coefficient (Wildman–Crippen LogP) is 2.62. The lowest BCUT2D eigenvalue weighted by Gasteiger charge is -2.42. The van der Waals surface area contributed by atoms with Crippen molar-refractivity contribution in [2.45, 2.75) is 19.3 Å². The van der Waals surface area contributed by atoms with Crippen molar-refractivity contribution in [2.75, 3.05) is 33.2 Å². The Morgan fingerprint density at radius 1 is 1.23 bits per heavy atom. The summed E-state index contributed by atoms with van der Waals surface area (Å²) in [7, 11) is 2.06. The van der Waals surface area contributed by atoms with Gasteiger partial charge in [0.1, 0.15) is 6.07 Å². The molecule has 1 aromatic carbocycles. The molecule has 3 heterocycles. The van der Waals surface area contributed by atoms with E-state index in [0.717, 1.165) is 43.5 Å². The maximum atomic E-state index is 12.9. The van der Waals surface area contributed by atoms with Crippen molar-refractivity contribution in [1.82, 2.24) is 14.8 Å². The van der Waals surface area contributed by atoms with Crippen molar-refractivity contribution in [3.63, 3.8) is 0 Å². The molecule has 26 heavy (non-hydrogen) atoms. The summed E-state index contributed by atoms with van der Waals surface area (Å²) in [5, 5.41) is 10.4. The molecule has 0 bridgehead atoms. The second-order valence-electron chi connectivity index (χ2n) is 7.91. The highest BCUT2D eigenvalue weighted by Gasteiger charge is 2.37. The molecule has 2 aliphatic heterocycles. The smallest absolute Gasteiger partial charge is 0.228 e. The average Bonchev–Trinajstić information content (AvgIpc) is 2.63. The molecular weight excluding hydrogens is 324 g/mol. The maximum Gasteiger partial charge on any atom is 0.228 e. The van der Waals surface area contributed by atoms with Crippen LogP contribution in [0.2, 0.25) is 0 Å². The van der Waals surface area contributed by atoms with E-state index in [2.05, 4.69) is 40.9 Å². The van der Waals surface area contributed by atoms with Gasteiger partial charge in [0.15, 0.2) is 0 Å². The topological polar surface area (TPSA) is 60.2 Å². The summed E-state index contributed by atoms with van der Waals surface area (Å²) in [5.41, 5.74) is 2.59. The second kappa shape index (κ2) is 6.69. The maximum absolute atomic E-state index is 12.9. The van der Waals surface area contributed by atoms with Gasteiger partial charge in [-0.25, -0.2) is 0 Å². The zero-order valence-electron chi connectivity index (χ0n) is 15.4. The molecule has 2 fully saturated rings. The number of carbonyl (C=O) groups excluding carboxylic acids is 1. The number of hydrogen-bond acceptors (Lipinski definition) is 4. The summed E-state index contributed by atoms with van der Waals surface area (Å²) < 4.78 is 0. The lowest BCUT2D eigenvalue weighted by Crippen LogP contribution is -2.55. The quantitative estimate of drug-likeness (QED) is 0.837. The third-order valence-electron chi connectivity index (χ3n) is 5.75. The molecule has 2 aliphatic rings. The fourth-order valence-electron chi connectivity index (χ4n) is 4.51. The number of piperidine rings is 1. The van der Waals surface area contributed by atoms with Gasteiger partial charge in [0.2, 0.25) is 5.91 Å². The highest BCUT2D eigenvalue weighted by molar-refractivity contribution is 5.87. The van der Waals surface area contributed by atoms with Gasteiger partial charge in [-0.1, -0.05) is 19.1 Å². The predicted molar refractivity (Wildman–Crippen MR) is 101 cm³/mol. The molecule has 5 nitrogen and oxygen atoms in total. The van der Waals surface area contributed by atoms with Gasteiger partial charge >= 0.3 is 0 Å². The molecular formula is C21H24N4O. The standard InChI is InChI=1S/C21H24N4O/c1-14-8-16(13-25(10-14)21(26)17-11-24(2)12-17)18-6-5-15(9-22)20-19(18)4-3-7-23-20/h3-7,14,16-17H,8,10-13H2,1-2H3/t14?,16-/m1/s1. The van der Waals surface area contributed by atoms with Crippen LogP contribution >= 0.6 is 0 Å². The lowest BCUT2D eigenvalue weighted by molar-refractivity contribution is -0.142. The van der Waals surface area contributed by atoms with Crippen molar-refractivity contribution in [2.24, 2.45) is 11.8 Å².